The van der Waals surface area contributed by atoms with Crippen LogP contribution in [0.15, 0.2) is 24.3 Å². The lowest BCUT2D eigenvalue weighted by molar-refractivity contribution is -0.143. The van der Waals surface area contributed by atoms with Crippen molar-refractivity contribution >= 4 is 11.9 Å². The fraction of sp³-hybridized carbons (Fsp3) is 0.429. The van der Waals surface area contributed by atoms with E-state index in [2.05, 4.69) is 5.32 Å². The molecule has 1 aromatic carbocycles. The van der Waals surface area contributed by atoms with Crippen molar-refractivity contribution in [3.8, 4) is 0 Å². The monoisotopic (exact) mass is 303 g/mol. The molecule has 2 unspecified atom stereocenters. The number of alkyl halides is 2. The molecular formula is C14H16F3NO3. The molecule has 21 heavy (non-hydrogen) atoms. The first-order chi connectivity index (χ1) is 9.79. The molecule has 0 radical (unpaired) electrons. The summed E-state index contributed by atoms with van der Waals surface area (Å²) < 4.78 is 37.5. The van der Waals surface area contributed by atoms with Gasteiger partial charge in [0.2, 0.25) is 12.3 Å². The molecular weight excluding hydrogens is 287 g/mol. The third kappa shape index (κ3) is 5.85. The summed E-state index contributed by atoms with van der Waals surface area (Å²) in [6.07, 6.45) is -3.59. The second kappa shape index (κ2) is 7.66. The number of carboxylic acids is 1. The van der Waals surface area contributed by atoms with Crippen LogP contribution < -0.4 is 5.32 Å². The first-order valence-corrected chi connectivity index (χ1v) is 6.35. The molecule has 0 fully saturated rings. The lowest BCUT2D eigenvalue weighted by atomic mass is 9.99. The fourth-order valence-electron chi connectivity index (χ4n) is 1.82. The first kappa shape index (κ1) is 17.0. The van der Waals surface area contributed by atoms with E-state index in [9.17, 15) is 22.8 Å². The predicted molar refractivity (Wildman–Crippen MR) is 69.5 cm³/mol. The lowest BCUT2D eigenvalue weighted by Crippen LogP contribution is -2.44. The number of halogens is 3. The Kier molecular flexibility index (Phi) is 6.20. The minimum atomic E-state index is -2.83. The zero-order valence-corrected chi connectivity index (χ0v) is 11.4. The van der Waals surface area contributed by atoms with Crippen LogP contribution in [0.3, 0.4) is 0 Å². The molecule has 0 aliphatic carbocycles. The summed E-state index contributed by atoms with van der Waals surface area (Å²) in [6.45, 7) is 1.52. The number of hydrogen-bond acceptors (Lipinski definition) is 2. The van der Waals surface area contributed by atoms with E-state index in [1.165, 1.54) is 25.1 Å². The number of carbonyl (C=O) groups excluding carboxylic acids is 1. The zero-order chi connectivity index (χ0) is 16.0. The van der Waals surface area contributed by atoms with Gasteiger partial charge in [0.15, 0.2) is 0 Å². The average Bonchev–Trinajstić information content (AvgIpc) is 2.37. The number of nitrogens with one attached hydrogen (secondary N) is 1. The molecule has 1 amide bonds. The molecule has 2 atom stereocenters. The van der Waals surface area contributed by atoms with Crippen LogP contribution in [-0.2, 0) is 16.0 Å². The SMILES string of the molecule is CC(Cc1cccc(F)c1)C(=O)NC(CC(F)F)C(=O)O. The Bertz CT molecular complexity index is 508. The molecule has 0 aromatic heterocycles. The Morgan fingerprint density at radius 2 is 2.00 bits per heavy atom. The third-order valence-corrected chi connectivity index (χ3v) is 2.91. The second-order valence-corrected chi connectivity index (χ2v) is 4.76. The molecule has 0 spiro atoms. The lowest BCUT2D eigenvalue weighted by Gasteiger charge is -2.17. The Labute approximate surface area is 120 Å². The molecule has 0 saturated carbocycles. The minimum absolute atomic E-state index is 0.185. The van der Waals surface area contributed by atoms with Crippen molar-refractivity contribution < 1.29 is 27.9 Å². The number of carbonyl (C=O) groups is 2. The van der Waals surface area contributed by atoms with E-state index in [1.807, 2.05) is 0 Å². The maximum atomic E-state index is 13.0. The van der Waals surface area contributed by atoms with Gasteiger partial charge in [-0.25, -0.2) is 18.0 Å². The van der Waals surface area contributed by atoms with Gasteiger partial charge in [0, 0.05) is 12.3 Å². The van der Waals surface area contributed by atoms with Crippen LogP contribution in [0.4, 0.5) is 13.2 Å². The smallest absolute Gasteiger partial charge is 0.326 e. The van der Waals surface area contributed by atoms with E-state index >= 15 is 0 Å². The molecule has 0 aliphatic rings. The van der Waals surface area contributed by atoms with Crippen molar-refractivity contribution in [3.63, 3.8) is 0 Å². The topological polar surface area (TPSA) is 66.4 Å². The molecule has 0 bridgehead atoms. The Balaban J connectivity index is 2.62. The molecule has 1 aromatic rings. The van der Waals surface area contributed by atoms with E-state index in [0.717, 1.165) is 0 Å². The van der Waals surface area contributed by atoms with Crippen LogP contribution in [0.5, 0.6) is 0 Å². The largest absolute Gasteiger partial charge is 0.480 e. The third-order valence-electron chi connectivity index (χ3n) is 2.91. The molecule has 0 aliphatic heterocycles. The zero-order valence-electron chi connectivity index (χ0n) is 11.4. The maximum absolute atomic E-state index is 13.0. The number of benzene rings is 1. The van der Waals surface area contributed by atoms with Gasteiger partial charge in [0.25, 0.3) is 0 Å². The molecule has 1 rings (SSSR count). The van der Waals surface area contributed by atoms with Crippen LogP contribution in [0.25, 0.3) is 0 Å². The van der Waals surface area contributed by atoms with Gasteiger partial charge in [-0.05, 0) is 24.1 Å². The van der Waals surface area contributed by atoms with Crippen LogP contribution >= 0.6 is 0 Å². The summed E-state index contributed by atoms with van der Waals surface area (Å²) in [7, 11) is 0. The van der Waals surface area contributed by atoms with E-state index < -0.39 is 42.5 Å². The summed E-state index contributed by atoms with van der Waals surface area (Å²) in [5, 5.41) is 10.9. The summed E-state index contributed by atoms with van der Waals surface area (Å²) >= 11 is 0. The Morgan fingerprint density at radius 1 is 1.33 bits per heavy atom. The van der Waals surface area contributed by atoms with Crippen molar-refractivity contribution in [2.24, 2.45) is 5.92 Å². The van der Waals surface area contributed by atoms with Gasteiger partial charge in [-0.15, -0.1) is 0 Å². The summed E-state index contributed by atoms with van der Waals surface area (Å²) in [4.78, 5) is 22.6. The van der Waals surface area contributed by atoms with E-state index in [4.69, 9.17) is 5.11 Å². The first-order valence-electron chi connectivity index (χ1n) is 6.35. The van der Waals surface area contributed by atoms with Gasteiger partial charge in [-0.2, -0.15) is 0 Å². The van der Waals surface area contributed by atoms with Gasteiger partial charge in [-0.1, -0.05) is 19.1 Å². The quantitative estimate of drug-likeness (QED) is 0.812. The molecule has 7 heteroatoms. The van der Waals surface area contributed by atoms with Gasteiger partial charge in [-0.3, -0.25) is 4.79 Å². The minimum Gasteiger partial charge on any atom is -0.480 e. The highest BCUT2D eigenvalue weighted by Gasteiger charge is 2.26. The summed E-state index contributed by atoms with van der Waals surface area (Å²) in [5.41, 5.74) is 0.568. The summed E-state index contributed by atoms with van der Waals surface area (Å²) in [5.74, 6) is -3.28. The van der Waals surface area contributed by atoms with Crippen molar-refractivity contribution in [1.82, 2.24) is 5.32 Å². The number of carboxylic acid groups (broad SMARTS) is 1. The van der Waals surface area contributed by atoms with Crippen molar-refractivity contribution in [3.05, 3.63) is 35.6 Å². The molecule has 0 heterocycles. The van der Waals surface area contributed by atoms with E-state index in [0.29, 0.717) is 5.56 Å². The molecule has 4 nitrogen and oxygen atoms in total. The van der Waals surface area contributed by atoms with Gasteiger partial charge in [0.05, 0.1) is 0 Å². The Morgan fingerprint density at radius 3 is 2.52 bits per heavy atom. The van der Waals surface area contributed by atoms with E-state index in [1.54, 1.807) is 6.07 Å². The van der Waals surface area contributed by atoms with Crippen LogP contribution in [0.2, 0.25) is 0 Å². The molecule has 2 N–H and O–H groups in total. The highest BCUT2D eigenvalue weighted by atomic mass is 19.3. The predicted octanol–water partition coefficient (Wildman–Crippen LogP) is 2.23. The van der Waals surface area contributed by atoms with Gasteiger partial charge in [0.1, 0.15) is 11.9 Å². The van der Waals surface area contributed by atoms with Crippen LogP contribution in [-0.4, -0.2) is 29.5 Å². The molecule has 116 valence electrons. The second-order valence-electron chi connectivity index (χ2n) is 4.76. The highest BCUT2D eigenvalue weighted by molar-refractivity contribution is 5.84. The average molecular weight is 303 g/mol. The van der Waals surface area contributed by atoms with Gasteiger partial charge < -0.3 is 10.4 Å². The number of amides is 1. The summed E-state index contributed by atoms with van der Waals surface area (Å²) in [6, 6.07) is 4.01. The standard InChI is InChI=1S/C14H16F3NO3/c1-8(5-9-3-2-4-10(15)6-9)13(19)18-11(14(20)21)7-12(16)17/h2-4,6,8,11-12H,5,7H2,1H3,(H,18,19)(H,20,21). The normalized spacial score (nSPS) is 13.8. The Hall–Kier alpha value is -2.05. The fourth-order valence-corrected chi connectivity index (χ4v) is 1.82. The van der Waals surface area contributed by atoms with Crippen LogP contribution in [0, 0.1) is 11.7 Å². The van der Waals surface area contributed by atoms with E-state index in [-0.39, 0.29) is 6.42 Å². The van der Waals surface area contributed by atoms with Crippen molar-refractivity contribution in [2.45, 2.75) is 32.2 Å². The van der Waals surface area contributed by atoms with Crippen molar-refractivity contribution in [1.29, 1.82) is 0 Å². The number of aliphatic carboxylic acids is 1. The number of hydrogen-bond donors (Lipinski definition) is 2. The van der Waals surface area contributed by atoms with Crippen molar-refractivity contribution in [2.75, 3.05) is 0 Å². The van der Waals surface area contributed by atoms with Crippen LogP contribution in [0.1, 0.15) is 18.9 Å². The van der Waals surface area contributed by atoms with Gasteiger partial charge >= 0.3 is 5.97 Å². The maximum Gasteiger partial charge on any atom is 0.326 e. The number of rotatable bonds is 7. The molecule has 0 saturated heterocycles. The highest BCUT2D eigenvalue weighted by Crippen LogP contribution is 2.12.